The summed E-state index contributed by atoms with van der Waals surface area (Å²) in [5, 5.41) is 15.3. The van der Waals surface area contributed by atoms with Crippen molar-refractivity contribution in [3.63, 3.8) is 0 Å². The molecule has 35 heavy (non-hydrogen) atoms. The summed E-state index contributed by atoms with van der Waals surface area (Å²) in [6.45, 7) is 27.6. The first kappa shape index (κ1) is 33.1. The molecule has 0 radical (unpaired) electrons. The van der Waals surface area contributed by atoms with E-state index in [0.717, 1.165) is 39.8 Å². The van der Waals surface area contributed by atoms with Gasteiger partial charge in [-0.25, -0.2) is 9.97 Å². The van der Waals surface area contributed by atoms with Crippen LogP contribution in [0.15, 0.2) is 14.7 Å². The van der Waals surface area contributed by atoms with Crippen LogP contribution in [0.1, 0.15) is 71.8 Å². The van der Waals surface area contributed by atoms with Gasteiger partial charge in [0.05, 0.1) is 11.4 Å². The largest absolute Gasteiger partial charge is 0.416 e. The Morgan fingerprint density at radius 2 is 1.17 bits per heavy atom. The third-order valence-corrected chi connectivity index (χ3v) is 18.5. The molecule has 1 N–H and O–H groups in total. The predicted octanol–water partition coefficient (Wildman–Crippen LogP) is 8.40. The highest BCUT2D eigenvalue weighted by Gasteiger charge is 2.37. The molecule has 0 fully saturated rings. The van der Waals surface area contributed by atoms with Gasteiger partial charge in [0.25, 0.3) is 0 Å². The van der Waals surface area contributed by atoms with Gasteiger partial charge in [-0.3, -0.25) is 0 Å². The van der Waals surface area contributed by atoms with Gasteiger partial charge in [0, 0.05) is 36.8 Å². The van der Waals surface area contributed by atoms with Gasteiger partial charge in [-0.05, 0) is 66.0 Å². The van der Waals surface area contributed by atoms with Crippen molar-refractivity contribution in [3.05, 3.63) is 31.1 Å². The molecule has 2 aromatic heterocycles. The maximum atomic E-state index is 9.89. The average molecular weight is 624 g/mol. The molecule has 0 aliphatic heterocycles. The summed E-state index contributed by atoms with van der Waals surface area (Å²) >= 11 is 6.51. The van der Waals surface area contributed by atoms with Crippen LogP contribution in [0.25, 0.3) is 0 Å². The number of aromatic nitrogens is 2. The molecular weight excluding hydrogens is 576 g/mol. The Balaban J connectivity index is 0.000000355. The van der Waals surface area contributed by atoms with Crippen molar-refractivity contribution in [1.82, 2.24) is 9.97 Å². The van der Waals surface area contributed by atoms with Gasteiger partial charge in [0.15, 0.2) is 20.6 Å². The topological polar surface area (TPSA) is 64.5 Å². The van der Waals surface area contributed by atoms with Crippen LogP contribution in [-0.2, 0) is 27.3 Å². The lowest BCUT2D eigenvalue weighted by Gasteiger charge is -2.36. The van der Waals surface area contributed by atoms with Gasteiger partial charge in [-0.2, -0.15) is 0 Å². The highest BCUT2D eigenvalue weighted by molar-refractivity contribution is 9.11. The third-order valence-electron chi connectivity index (χ3n) is 6.85. The van der Waals surface area contributed by atoms with Crippen LogP contribution >= 0.6 is 38.6 Å². The van der Waals surface area contributed by atoms with E-state index in [0.29, 0.717) is 6.61 Å². The number of thiazole rings is 2. The minimum absolute atomic E-state index is 0.243. The van der Waals surface area contributed by atoms with Gasteiger partial charge in [-0.15, -0.1) is 22.7 Å². The Labute approximate surface area is 232 Å². The van der Waals surface area contributed by atoms with Gasteiger partial charge in [-0.1, -0.05) is 41.5 Å². The molecule has 0 bridgehead atoms. The van der Waals surface area contributed by atoms with Crippen LogP contribution in [0.5, 0.6) is 0 Å². The van der Waals surface area contributed by atoms with Crippen LogP contribution in [0.3, 0.4) is 0 Å². The molecule has 0 aliphatic carbocycles. The van der Waals surface area contributed by atoms with E-state index in [2.05, 4.69) is 99.0 Å². The molecule has 2 heterocycles. The molecular formula is C25H47BrN2O3S2Si2. The van der Waals surface area contributed by atoms with Crippen LogP contribution < -0.4 is 0 Å². The quantitative estimate of drug-likeness (QED) is 0.284. The summed E-state index contributed by atoms with van der Waals surface area (Å²) in [5.41, 5.74) is 1.29. The molecule has 2 rings (SSSR count). The second kappa shape index (κ2) is 12.7. The van der Waals surface area contributed by atoms with Gasteiger partial charge < -0.3 is 14.0 Å². The minimum Gasteiger partial charge on any atom is -0.416 e. The van der Waals surface area contributed by atoms with Crippen molar-refractivity contribution in [3.8, 4) is 0 Å². The van der Waals surface area contributed by atoms with Crippen LogP contribution in [0, 0.1) is 0 Å². The molecule has 0 saturated heterocycles. The van der Waals surface area contributed by atoms with Crippen molar-refractivity contribution >= 4 is 55.2 Å². The fourth-order valence-electron chi connectivity index (χ4n) is 2.35. The Morgan fingerprint density at radius 1 is 0.771 bits per heavy atom. The first-order valence-corrected chi connectivity index (χ1v) is 20.6. The van der Waals surface area contributed by atoms with E-state index in [4.69, 9.17) is 8.85 Å². The summed E-state index contributed by atoms with van der Waals surface area (Å²) in [5.74, 6) is 0. The molecule has 0 aliphatic rings. The molecule has 0 atom stereocenters. The SMILES string of the molecule is CC(C)(C)[Si](C)(C)OCCc1csc(Br)n1.CC(C)(O)c1nc(CCO[Si](C)(C)C(C)(C)C)cs1. The number of aliphatic hydroxyl groups is 1. The molecule has 0 amide bonds. The molecule has 0 aromatic carbocycles. The maximum Gasteiger partial charge on any atom is 0.191 e. The fourth-order valence-corrected chi connectivity index (χ4v) is 6.40. The molecule has 10 heteroatoms. The number of rotatable bonds is 9. The first-order valence-electron chi connectivity index (χ1n) is 12.2. The second-order valence-corrected chi connectivity index (χ2v) is 25.1. The summed E-state index contributed by atoms with van der Waals surface area (Å²) in [7, 11) is -3.25. The standard InChI is InChI=1S/C14H27NO2SSi.C11H20BrNOSSi/c1-13(2,3)19(6,7)17-9-8-11-10-18-12(15-11)14(4,5)16;1-11(2,3)16(4,5)14-7-6-9-8-15-10(12)13-9/h10,16H,8-9H2,1-7H3;8H,6-7H2,1-5H3. The zero-order valence-electron chi connectivity index (χ0n) is 23.8. The average Bonchev–Trinajstić information content (AvgIpc) is 3.29. The van der Waals surface area contributed by atoms with Crippen molar-refractivity contribution in [2.75, 3.05) is 13.2 Å². The summed E-state index contributed by atoms with van der Waals surface area (Å²) in [6, 6.07) is 0. The van der Waals surface area contributed by atoms with Crippen LogP contribution in [0.2, 0.25) is 36.3 Å². The monoisotopic (exact) mass is 622 g/mol. The lowest BCUT2D eigenvalue weighted by Crippen LogP contribution is -2.41. The zero-order chi connectivity index (χ0) is 27.3. The molecule has 0 saturated carbocycles. The van der Waals surface area contributed by atoms with E-state index < -0.39 is 22.2 Å². The molecule has 5 nitrogen and oxygen atoms in total. The van der Waals surface area contributed by atoms with Gasteiger partial charge >= 0.3 is 0 Å². The van der Waals surface area contributed by atoms with E-state index in [1.807, 2.05) is 5.38 Å². The van der Waals surface area contributed by atoms with Crippen molar-refractivity contribution < 1.29 is 14.0 Å². The zero-order valence-corrected chi connectivity index (χ0v) is 29.1. The summed E-state index contributed by atoms with van der Waals surface area (Å²) < 4.78 is 13.2. The van der Waals surface area contributed by atoms with E-state index in [-0.39, 0.29) is 10.1 Å². The molecule has 202 valence electrons. The highest BCUT2D eigenvalue weighted by Crippen LogP contribution is 2.37. The Morgan fingerprint density at radius 3 is 1.49 bits per heavy atom. The summed E-state index contributed by atoms with van der Waals surface area (Å²) in [4.78, 5) is 8.83. The van der Waals surface area contributed by atoms with Crippen LogP contribution in [0.4, 0.5) is 0 Å². The second-order valence-electron chi connectivity index (χ2n) is 12.5. The maximum absolute atomic E-state index is 9.89. The Bertz CT molecular complexity index is 911. The number of hydrogen-bond donors (Lipinski definition) is 1. The smallest absolute Gasteiger partial charge is 0.191 e. The van der Waals surface area contributed by atoms with E-state index in [1.165, 1.54) is 11.3 Å². The molecule has 0 unspecified atom stereocenters. The first-order chi connectivity index (χ1) is 15.7. The Kier molecular flexibility index (Phi) is 12.0. The lowest BCUT2D eigenvalue weighted by molar-refractivity contribution is 0.0780. The predicted molar refractivity (Wildman–Crippen MR) is 161 cm³/mol. The third kappa shape index (κ3) is 11.1. The van der Waals surface area contributed by atoms with E-state index >= 15 is 0 Å². The number of nitrogens with zero attached hydrogens (tertiary/aromatic N) is 2. The van der Waals surface area contributed by atoms with Crippen LogP contribution in [-0.4, -0.2) is 44.9 Å². The van der Waals surface area contributed by atoms with Gasteiger partial charge in [0.1, 0.15) is 10.6 Å². The fraction of sp³-hybridized carbons (Fsp3) is 0.760. The van der Waals surface area contributed by atoms with Crippen molar-refractivity contribution in [2.24, 2.45) is 0 Å². The number of halogens is 1. The van der Waals surface area contributed by atoms with Crippen molar-refractivity contribution in [2.45, 2.75) is 110 Å². The minimum atomic E-state index is -1.66. The van der Waals surface area contributed by atoms with Gasteiger partial charge in [0.2, 0.25) is 0 Å². The van der Waals surface area contributed by atoms with Crippen molar-refractivity contribution in [1.29, 1.82) is 0 Å². The van der Waals surface area contributed by atoms with E-state index in [1.54, 1.807) is 25.2 Å². The summed E-state index contributed by atoms with van der Waals surface area (Å²) in [6.07, 6.45) is 1.73. The Hall–Kier alpha value is 0.0538. The molecule has 2 aromatic rings. The lowest BCUT2D eigenvalue weighted by atomic mass is 10.1. The highest BCUT2D eigenvalue weighted by atomic mass is 79.9. The number of hydrogen-bond acceptors (Lipinski definition) is 7. The normalized spacial score (nSPS) is 13.5. The van der Waals surface area contributed by atoms with E-state index in [9.17, 15) is 5.11 Å². The molecule has 0 spiro atoms.